The Kier molecular flexibility index (Phi) is 10.4. The first-order valence-electron chi connectivity index (χ1n) is 13.1. The Morgan fingerprint density at radius 3 is 2.24 bits per heavy atom. The number of benzene rings is 2. The second-order valence-electron chi connectivity index (χ2n) is 9.36. The molecule has 0 aliphatic heterocycles. The average Bonchev–Trinajstić information content (AvgIpc) is 2.86. The summed E-state index contributed by atoms with van der Waals surface area (Å²) in [4.78, 5) is 12.6. The molecule has 3 rings (SSSR count). The summed E-state index contributed by atoms with van der Waals surface area (Å²) in [6, 6.07) is 15.4. The Hall–Kier alpha value is -2.55. The van der Waals surface area contributed by atoms with Crippen LogP contribution < -0.4 is 10.4 Å². The first-order chi connectivity index (χ1) is 17.7. The number of fused-ring (bicyclic) bond motifs is 1. The lowest BCUT2D eigenvalue weighted by molar-refractivity contribution is -0.0216. The number of hydrogen-bond donors (Lipinski definition) is 0. The molecule has 0 atom stereocenters. The standard InChI is InChI=1S/C29H38F2O5Si/c1-5-22-10-12-23(13-11-22)26-20-24-14-15-25(21-27(24)36-28(26)32)33-18-8-16-29(30,31)17-9-19-37(4,34-6-2)35-7-3/h10-15,20-21H,5-9,16-19H2,1-4H3. The Morgan fingerprint density at radius 2 is 1.59 bits per heavy atom. The predicted molar refractivity (Wildman–Crippen MR) is 146 cm³/mol. The highest BCUT2D eigenvalue weighted by molar-refractivity contribution is 6.66. The molecule has 2 aromatic carbocycles. The maximum absolute atomic E-state index is 14.4. The van der Waals surface area contributed by atoms with Crippen molar-refractivity contribution in [3.63, 3.8) is 0 Å². The fraction of sp³-hybridized carbons (Fsp3) is 0.483. The van der Waals surface area contributed by atoms with Crippen LogP contribution >= 0.6 is 0 Å². The molecule has 0 aliphatic rings. The minimum Gasteiger partial charge on any atom is -0.493 e. The number of hydrogen-bond acceptors (Lipinski definition) is 5. The van der Waals surface area contributed by atoms with Gasteiger partial charge in [0.25, 0.3) is 0 Å². The molecular formula is C29H38F2O5Si. The smallest absolute Gasteiger partial charge is 0.344 e. The van der Waals surface area contributed by atoms with Gasteiger partial charge in [0.1, 0.15) is 11.3 Å². The molecule has 0 fully saturated rings. The molecule has 0 saturated heterocycles. The summed E-state index contributed by atoms with van der Waals surface area (Å²) < 4.78 is 51.5. The second-order valence-corrected chi connectivity index (χ2v) is 12.7. The van der Waals surface area contributed by atoms with Gasteiger partial charge in [-0.15, -0.1) is 0 Å². The van der Waals surface area contributed by atoms with Crippen molar-refractivity contribution in [3.8, 4) is 16.9 Å². The molecule has 8 heteroatoms. The molecule has 0 saturated carbocycles. The number of alkyl halides is 2. The highest BCUT2D eigenvalue weighted by atomic mass is 28.4. The largest absolute Gasteiger partial charge is 0.493 e. The topological polar surface area (TPSA) is 57.9 Å². The van der Waals surface area contributed by atoms with Crippen molar-refractivity contribution in [1.29, 1.82) is 0 Å². The molecule has 37 heavy (non-hydrogen) atoms. The molecular weight excluding hydrogens is 494 g/mol. The van der Waals surface area contributed by atoms with E-state index in [1.54, 1.807) is 18.2 Å². The van der Waals surface area contributed by atoms with Crippen LogP contribution in [0.3, 0.4) is 0 Å². The molecule has 1 aromatic heterocycles. The van der Waals surface area contributed by atoms with Gasteiger partial charge in [0.05, 0.1) is 12.2 Å². The van der Waals surface area contributed by atoms with E-state index in [1.165, 1.54) is 5.56 Å². The van der Waals surface area contributed by atoms with Gasteiger partial charge in [0.2, 0.25) is 5.92 Å². The Morgan fingerprint density at radius 1 is 0.919 bits per heavy atom. The van der Waals surface area contributed by atoms with Crippen LogP contribution in [-0.2, 0) is 15.3 Å². The Labute approximate surface area is 219 Å². The molecule has 0 radical (unpaired) electrons. The third-order valence-corrected chi connectivity index (χ3v) is 9.47. The number of ether oxygens (including phenoxy) is 1. The lowest BCUT2D eigenvalue weighted by atomic mass is 10.0. The normalized spacial score (nSPS) is 12.3. The van der Waals surface area contributed by atoms with E-state index in [2.05, 4.69) is 6.92 Å². The van der Waals surface area contributed by atoms with Gasteiger partial charge in [-0.25, -0.2) is 13.6 Å². The number of aryl methyl sites for hydroxylation is 1. The zero-order valence-electron chi connectivity index (χ0n) is 22.3. The minimum absolute atomic E-state index is 0.150. The van der Waals surface area contributed by atoms with Crippen molar-refractivity contribution in [3.05, 3.63) is 64.5 Å². The molecule has 202 valence electrons. The van der Waals surface area contributed by atoms with E-state index in [0.717, 1.165) is 17.4 Å². The molecule has 0 amide bonds. The average molecular weight is 533 g/mol. The first-order valence-corrected chi connectivity index (χ1v) is 15.7. The molecule has 0 aliphatic carbocycles. The van der Waals surface area contributed by atoms with Gasteiger partial charge in [0, 0.05) is 37.5 Å². The zero-order chi connectivity index (χ0) is 26.9. The summed E-state index contributed by atoms with van der Waals surface area (Å²) in [6.07, 6.45) is 1.06. The van der Waals surface area contributed by atoms with Crippen LogP contribution in [0.5, 0.6) is 5.75 Å². The van der Waals surface area contributed by atoms with E-state index in [-0.39, 0.29) is 25.9 Å². The van der Waals surface area contributed by atoms with E-state index < -0.39 is 20.1 Å². The third kappa shape index (κ3) is 8.48. The Bertz CT molecular complexity index is 1190. The second kappa shape index (κ2) is 13.3. The van der Waals surface area contributed by atoms with Crippen LogP contribution in [0.25, 0.3) is 22.1 Å². The maximum Gasteiger partial charge on any atom is 0.344 e. The highest BCUT2D eigenvalue weighted by Crippen LogP contribution is 2.30. The number of rotatable bonds is 15. The van der Waals surface area contributed by atoms with Gasteiger partial charge >= 0.3 is 14.2 Å². The van der Waals surface area contributed by atoms with Gasteiger partial charge in [0.15, 0.2) is 0 Å². The third-order valence-electron chi connectivity index (χ3n) is 6.41. The van der Waals surface area contributed by atoms with Crippen molar-refractivity contribution in [2.24, 2.45) is 0 Å². The van der Waals surface area contributed by atoms with E-state index >= 15 is 0 Å². The lowest BCUT2D eigenvalue weighted by Crippen LogP contribution is -2.39. The van der Waals surface area contributed by atoms with Crippen LogP contribution in [-0.4, -0.2) is 34.3 Å². The zero-order valence-corrected chi connectivity index (χ0v) is 23.3. The van der Waals surface area contributed by atoms with Crippen molar-refractivity contribution in [2.45, 2.75) is 71.4 Å². The summed E-state index contributed by atoms with van der Waals surface area (Å²) in [5, 5.41) is 0.766. The van der Waals surface area contributed by atoms with Crippen LogP contribution in [0.2, 0.25) is 12.6 Å². The molecule has 0 spiro atoms. The van der Waals surface area contributed by atoms with E-state index in [9.17, 15) is 13.6 Å². The monoisotopic (exact) mass is 532 g/mol. The van der Waals surface area contributed by atoms with Crippen molar-refractivity contribution < 1.29 is 26.8 Å². The summed E-state index contributed by atoms with van der Waals surface area (Å²) in [5.74, 6) is -2.28. The van der Waals surface area contributed by atoms with Crippen molar-refractivity contribution in [1.82, 2.24) is 0 Å². The fourth-order valence-corrected chi connectivity index (χ4v) is 6.83. The number of halogens is 2. The maximum atomic E-state index is 14.4. The molecule has 0 bridgehead atoms. The lowest BCUT2D eigenvalue weighted by Gasteiger charge is -2.26. The van der Waals surface area contributed by atoms with Crippen LogP contribution in [0.15, 0.2) is 57.7 Å². The molecule has 1 heterocycles. The van der Waals surface area contributed by atoms with Gasteiger partial charge < -0.3 is 18.0 Å². The summed E-state index contributed by atoms with van der Waals surface area (Å²) in [6.45, 7) is 9.01. The van der Waals surface area contributed by atoms with Gasteiger partial charge in [-0.3, -0.25) is 0 Å². The highest BCUT2D eigenvalue weighted by Gasteiger charge is 2.34. The quantitative estimate of drug-likeness (QED) is 0.114. The van der Waals surface area contributed by atoms with Crippen LogP contribution in [0, 0.1) is 0 Å². The Balaban J connectivity index is 1.52. The summed E-state index contributed by atoms with van der Waals surface area (Å²) >= 11 is 0. The fourth-order valence-electron chi connectivity index (χ4n) is 4.41. The van der Waals surface area contributed by atoms with Crippen molar-refractivity contribution >= 4 is 19.5 Å². The van der Waals surface area contributed by atoms with Gasteiger partial charge in [-0.2, -0.15) is 0 Å². The van der Waals surface area contributed by atoms with Gasteiger partial charge in [-0.1, -0.05) is 31.2 Å². The summed E-state index contributed by atoms with van der Waals surface area (Å²) in [5.41, 5.74) is 2.47. The van der Waals surface area contributed by atoms with E-state index in [1.807, 2.05) is 50.7 Å². The molecule has 5 nitrogen and oxygen atoms in total. The van der Waals surface area contributed by atoms with Gasteiger partial charge in [-0.05, 0) is 75.0 Å². The van der Waals surface area contributed by atoms with Crippen LogP contribution in [0.4, 0.5) is 8.78 Å². The minimum atomic E-state index is -2.76. The summed E-state index contributed by atoms with van der Waals surface area (Å²) in [7, 11) is -2.37. The van der Waals surface area contributed by atoms with E-state index in [0.29, 0.717) is 42.6 Å². The van der Waals surface area contributed by atoms with E-state index in [4.69, 9.17) is 18.0 Å². The predicted octanol–water partition coefficient (Wildman–Crippen LogP) is 7.74. The molecule has 0 N–H and O–H groups in total. The van der Waals surface area contributed by atoms with Crippen molar-refractivity contribution in [2.75, 3.05) is 19.8 Å². The SMILES string of the molecule is CCO[Si](C)(CCCC(F)(F)CCCOc1ccc2cc(-c3ccc(CC)cc3)c(=O)oc2c1)OCC. The van der Waals surface area contributed by atoms with Crippen LogP contribution in [0.1, 0.15) is 52.0 Å². The molecule has 0 unspecified atom stereocenters. The molecule has 3 aromatic rings. The first kappa shape index (κ1) is 29.0.